The lowest BCUT2D eigenvalue weighted by atomic mass is 9.89. The van der Waals surface area contributed by atoms with Gasteiger partial charge in [-0.05, 0) is 26.2 Å². The molecule has 0 amide bonds. The predicted octanol–water partition coefficient (Wildman–Crippen LogP) is 2.34. The summed E-state index contributed by atoms with van der Waals surface area (Å²) >= 11 is 0. The molecule has 15 heavy (non-hydrogen) atoms. The van der Waals surface area contributed by atoms with Crippen LogP contribution < -0.4 is 5.73 Å². The SMILES string of the molecule is CCCOCC(N)C(CC)(CC)OCC. The van der Waals surface area contributed by atoms with Crippen molar-refractivity contribution in [3.05, 3.63) is 0 Å². The molecule has 0 heterocycles. The third kappa shape index (κ3) is 4.49. The summed E-state index contributed by atoms with van der Waals surface area (Å²) in [7, 11) is 0. The Morgan fingerprint density at radius 3 is 2.13 bits per heavy atom. The maximum absolute atomic E-state index is 6.15. The maximum atomic E-state index is 6.15. The zero-order valence-electron chi connectivity index (χ0n) is 10.7. The summed E-state index contributed by atoms with van der Waals surface area (Å²) in [6, 6.07) is -0.0287. The number of hydrogen-bond acceptors (Lipinski definition) is 3. The standard InChI is InChI=1S/C12H27NO2/c1-5-9-14-10-11(13)12(6-2,7-3)15-8-4/h11H,5-10,13H2,1-4H3. The van der Waals surface area contributed by atoms with Gasteiger partial charge in [-0.1, -0.05) is 20.8 Å². The second-order valence-electron chi connectivity index (χ2n) is 3.89. The largest absolute Gasteiger partial charge is 0.380 e. The third-order valence-corrected chi connectivity index (χ3v) is 2.95. The number of nitrogens with two attached hydrogens (primary N) is 1. The molecule has 92 valence electrons. The van der Waals surface area contributed by atoms with Crippen LogP contribution in [0.2, 0.25) is 0 Å². The molecule has 3 heteroatoms. The Kier molecular flexibility index (Phi) is 8.02. The van der Waals surface area contributed by atoms with Gasteiger partial charge in [0.15, 0.2) is 0 Å². The molecule has 0 fully saturated rings. The number of ether oxygens (including phenoxy) is 2. The third-order valence-electron chi connectivity index (χ3n) is 2.95. The Morgan fingerprint density at radius 1 is 1.13 bits per heavy atom. The van der Waals surface area contributed by atoms with E-state index in [9.17, 15) is 0 Å². The molecule has 0 aromatic heterocycles. The van der Waals surface area contributed by atoms with Crippen molar-refractivity contribution in [3.8, 4) is 0 Å². The van der Waals surface area contributed by atoms with Crippen molar-refractivity contribution in [2.45, 2.75) is 58.6 Å². The van der Waals surface area contributed by atoms with Crippen molar-refractivity contribution in [1.82, 2.24) is 0 Å². The molecular formula is C12H27NO2. The van der Waals surface area contributed by atoms with E-state index in [-0.39, 0.29) is 11.6 Å². The quantitative estimate of drug-likeness (QED) is 0.603. The summed E-state index contributed by atoms with van der Waals surface area (Å²) in [6.45, 7) is 10.4. The Balaban J connectivity index is 4.19. The molecule has 1 unspecified atom stereocenters. The fraction of sp³-hybridized carbons (Fsp3) is 1.00. The molecule has 1 atom stereocenters. The Hall–Kier alpha value is -0.120. The Labute approximate surface area is 94.3 Å². The fourth-order valence-electron chi connectivity index (χ4n) is 1.88. The van der Waals surface area contributed by atoms with Crippen molar-refractivity contribution in [2.75, 3.05) is 19.8 Å². The van der Waals surface area contributed by atoms with Gasteiger partial charge in [0, 0.05) is 13.2 Å². The average Bonchev–Trinajstić information content (AvgIpc) is 2.26. The zero-order valence-corrected chi connectivity index (χ0v) is 10.7. The van der Waals surface area contributed by atoms with Crippen molar-refractivity contribution in [2.24, 2.45) is 5.73 Å². The van der Waals surface area contributed by atoms with Gasteiger partial charge in [-0.25, -0.2) is 0 Å². The van der Waals surface area contributed by atoms with E-state index >= 15 is 0 Å². The van der Waals surface area contributed by atoms with E-state index in [1.165, 1.54) is 0 Å². The van der Waals surface area contributed by atoms with Crippen LogP contribution in [-0.2, 0) is 9.47 Å². The average molecular weight is 217 g/mol. The molecule has 0 bridgehead atoms. The molecule has 0 spiro atoms. The normalized spacial score (nSPS) is 14.2. The zero-order chi connectivity index (χ0) is 11.7. The molecule has 0 aliphatic rings. The van der Waals surface area contributed by atoms with Gasteiger partial charge in [0.05, 0.1) is 18.2 Å². The second kappa shape index (κ2) is 8.08. The van der Waals surface area contributed by atoms with Gasteiger partial charge in [0.1, 0.15) is 0 Å². The lowest BCUT2D eigenvalue weighted by molar-refractivity contribution is -0.0802. The molecule has 0 aromatic carbocycles. The first-order chi connectivity index (χ1) is 7.16. The lowest BCUT2D eigenvalue weighted by Gasteiger charge is -2.37. The molecule has 0 aliphatic heterocycles. The van der Waals surface area contributed by atoms with Crippen LogP contribution in [0.25, 0.3) is 0 Å². The highest BCUT2D eigenvalue weighted by atomic mass is 16.5. The summed E-state index contributed by atoms with van der Waals surface area (Å²) in [5, 5.41) is 0. The molecule has 0 radical (unpaired) electrons. The smallest absolute Gasteiger partial charge is 0.0849 e. The van der Waals surface area contributed by atoms with Gasteiger partial charge >= 0.3 is 0 Å². The first-order valence-corrected chi connectivity index (χ1v) is 6.14. The highest BCUT2D eigenvalue weighted by Crippen LogP contribution is 2.24. The van der Waals surface area contributed by atoms with E-state index in [0.717, 1.165) is 25.9 Å². The maximum Gasteiger partial charge on any atom is 0.0849 e. The van der Waals surface area contributed by atoms with Crippen LogP contribution in [0.4, 0.5) is 0 Å². The van der Waals surface area contributed by atoms with Crippen molar-refractivity contribution in [1.29, 1.82) is 0 Å². The van der Waals surface area contributed by atoms with Crippen LogP contribution in [0, 0.1) is 0 Å². The van der Waals surface area contributed by atoms with E-state index in [1.807, 2.05) is 6.92 Å². The topological polar surface area (TPSA) is 44.5 Å². The summed E-state index contributed by atoms with van der Waals surface area (Å²) in [4.78, 5) is 0. The Bertz CT molecular complexity index is 147. The number of hydrogen-bond donors (Lipinski definition) is 1. The lowest BCUT2D eigenvalue weighted by Crippen LogP contribution is -2.52. The van der Waals surface area contributed by atoms with Crippen molar-refractivity contribution in [3.63, 3.8) is 0 Å². The van der Waals surface area contributed by atoms with Gasteiger partial charge in [0.25, 0.3) is 0 Å². The molecule has 0 aromatic rings. The summed E-state index contributed by atoms with van der Waals surface area (Å²) in [5.41, 5.74) is 5.94. The Morgan fingerprint density at radius 2 is 1.73 bits per heavy atom. The molecule has 0 saturated carbocycles. The molecule has 0 rings (SSSR count). The highest BCUT2D eigenvalue weighted by Gasteiger charge is 2.33. The van der Waals surface area contributed by atoms with Gasteiger partial charge < -0.3 is 15.2 Å². The van der Waals surface area contributed by atoms with Gasteiger partial charge in [-0.3, -0.25) is 0 Å². The van der Waals surface area contributed by atoms with Crippen LogP contribution in [0.5, 0.6) is 0 Å². The van der Waals surface area contributed by atoms with E-state index < -0.39 is 0 Å². The minimum Gasteiger partial charge on any atom is -0.380 e. The summed E-state index contributed by atoms with van der Waals surface area (Å²) < 4.78 is 11.3. The first-order valence-electron chi connectivity index (χ1n) is 6.14. The summed E-state index contributed by atoms with van der Waals surface area (Å²) in [6.07, 6.45) is 2.91. The van der Waals surface area contributed by atoms with Crippen LogP contribution >= 0.6 is 0 Å². The molecule has 2 N–H and O–H groups in total. The van der Waals surface area contributed by atoms with E-state index in [0.29, 0.717) is 13.2 Å². The van der Waals surface area contributed by atoms with Gasteiger partial charge in [-0.15, -0.1) is 0 Å². The second-order valence-corrected chi connectivity index (χ2v) is 3.89. The van der Waals surface area contributed by atoms with E-state index in [2.05, 4.69) is 20.8 Å². The summed E-state index contributed by atoms with van der Waals surface area (Å²) in [5.74, 6) is 0. The predicted molar refractivity (Wildman–Crippen MR) is 64.0 cm³/mol. The minimum absolute atomic E-state index is 0.0287. The van der Waals surface area contributed by atoms with Crippen molar-refractivity contribution < 1.29 is 9.47 Å². The van der Waals surface area contributed by atoms with Gasteiger partial charge in [-0.2, -0.15) is 0 Å². The molecular weight excluding hydrogens is 190 g/mol. The van der Waals surface area contributed by atoms with Crippen molar-refractivity contribution >= 4 is 0 Å². The minimum atomic E-state index is -0.206. The molecule has 0 aliphatic carbocycles. The van der Waals surface area contributed by atoms with Crippen LogP contribution in [-0.4, -0.2) is 31.5 Å². The molecule has 3 nitrogen and oxygen atoms in total. The first kappa shape index (κ1) is 14.9. The van der Waals surface area contributed by atoms with Crippen LogP contribution in [0.15, 0.2) is 0 Å². The monoisotopic (exact) mass is 217 g/mol. The van der Waals surface area contributed by atoms with Crippen LogP contribution in [0.1, 0.15) is 47.0 Å². The van der Waals surface area contributed by atoms with E-state index in [1.54, 1.807) is 0 Å². The molecule has 0 saturated heterocycles. The van der Waals surface area contributed by atoms with Crippen LogP contribution in [0.3, 0.4) is 0 Å². The van der Waals surface area contributed by atoms with Gasteiger partial charge in [0.2, 0.25) is 0 Å². The fourth-order valence-corrected chi connectivity index (χ4v) is 1.88. The number of rotatable bonds is 9. The highest BCUT2D eigenvalue weighted by molar-refractivity contribution is 4.89. The van der Waals surface area contributed by atoms with E-state index in [4.69, 9.17) is 15.2 Å².